The largest absolute Gasteiger partial charge is 0.481 e. The second-order valence-corrected chi connectivity index (χ2v) is 6.30. The lowest BCUT2D eigenvalue weighted by atomic mass is 9.99. The van der Waals surface area contributed by atoms with Crippen LogP contribution in [0.2, 0.25) is 0 Å². The predicted octanol–water partition coefficient (Wildman–Crippen LogP) is 2.80. The van der Waals surface area contributed by atoms with Gasteiger partial charge in [-0.2, -0.15) is 0 Å². The molecular formula is C15H19BrN2O3. The minimum Gasteiger partial charge on any atom is -0.481 e. The third-order valence-corrected chi connectivity index (χ3v) is 4.23. The normalized spacial score (nSPS) is 18.4. The first-order valence-electron chi connectivity index (χ1n) is 6.94. The van der Waals surface area contributed by atoms with Crippen molar-refractivity contribution in [2.45, 2.75) is 19.4 Å². The zero-order valence-corrected chi connectivity index (χ0v) is 13.5. The average Bonchev–Trinajstić information content (AvgIpc) is 2.49. The second-order valence-electron chi connectivity index (χ2n) is 5.39. The van der Waals surface area contributed by atoms with Crippen LogP contribution in [-0.2, 0) is 11.3 Å². The van der Waals surface area contributed by atoms with Gasteiger partial charge in [0.25, 0.3) is 0 Å². The Balaban J connectivity index is 1.95. The molecule has 1 atom stereocenters. The molecule has 0 aliphatic carbocycles. The van der Waals surface area contributed by atoms with Crippen molar-refractivity contribution in [3.63, 3.8) is 0 Å². The number of carbonyl (C=O) groups excluding carboxylic acids is 1. The van der Waals surface area contributed by atoms with E-state index < -0.39 is 11.9 Å². The molecule has 2 rings (SSSR count). The van der Waals surface area contributed by atoms with Crippen LogP contribution in [0.15, 0.2) is 28.7 Å². The number of likely N-dealkylation sites (tertiary alicyclic amines) is 1. The highest BCUT2D eigenvalue weighted by Crippen LogP contribution is 2.18. The summed E-state index contributed by atoms with van der Waals surface area (Å²) in [5, 5.41) is 9.08. The summed E-state index contributed by atoms with van der Waals surface area (Å²) in [7, 11) is 1.74. The van der Waals surface area contributed by atoms with Gasteiger partial charge in [0.15, 0.2) is 0 Å². The summed E-state index contributed by atoms with van der Waals surface area (Å²) >= 11 is 3.38. The van der Waals surface area contributed by atoms with E-state index in [0.717, 1.165) is 16.5 Å². The Morgan fingerprint density at radius 1 is 1.38 bits per heavy atom. The number of urea groups is 1. The molecule has 1 saturated heterocycles. The van der Waals surface area contributed by atoms with Crippen LogP contribution in [0.1, 0.15) is 18.4 Å². The van der Waals surface area contributed by atoms with Crippen LogP contribution < -0.4 is 0 Å². The Labute approximate surface area is 132 Å². The molecule has 5 nitrogen and oxygen atoms in total. The molecule has 0 saturated carbocycles. The molecule has 1 aromatic rings. The molecule has 0 bridgehead atoms. The lowest BCUT2D eigenvalue weighted by Gasteiger charge is -2.33. The quantitative estimate of drug-likeness (QED) is 0.907. The third kappa shape index (κ3) is 4.20. The molecule has 21 heavy (non-hydrogen) atoms. The van der Waals surface area contributed by atoms with E-state index in [9.17, 15) is 9.59 Å². The van der Waals surface area contributed by atoms with E-state index in [1.165, 1.54) is 0 Å². The first-order valence-corrected chi connectivity index (χ1v) is 7.74. The van der Waals surface area contributed by atoms with Gasteiger partial charge in [-0.3, -0.25) is 4.79 Å². The number of nitrogens with zero attached hydrogens (tertiary/aromatic N) is 2. The highest BCUT2D eigenvalue weighted by molar-refractivity contribution is 9.10. The van der Waals surface area contributed by atoms with E-state index in [-0.39, 0.29) is 6.03 Å². The Morgan fingerprint density at radius 2 is 2.05 bits per heavy atom. The standard InChI is InChI=1S/C15H19BrN2O3/c1-17(9-11-4-6-13(16)7-5-11)15(21)18-8-2-3-12(10-18)14(19)20/h4-7,12H,2-3,8-10H2,1H3,(H,19,20). The van der Waals surface area contributed by atoms with E-state index in [0.29, 0.717) is 26.1 Å². The van der Waals surface area contributed by atoms with Crippen molar-refractivity contribution in [3.05, 3.63) is 34.3 Å². The topological polar surface area (TPSA) is 60.9 Å². The van der Waals surface area contributed by atoms with Crippen molar-refractivity contribution < 1.29 is 14.7 Å². The average molecular weight is 355 g/mol. The highest BCUT2D eigenvalue weighted by atomic mass is 79.9. The smallest absolute Gasteiger partial charge is 0.320 e. The first kappa shape index (κ1) is 15.8. The third-order valence-electron chi connectivity index (χ3n) is 3.70. The van der Waals surface area contributed by atoms with Gasteiger partial charge in [0.05, 0.1) is 5.92 Å². The van der Waals surface area contributed by atoms with Crippen molar-refractivity contribution in [1.82, 2.24) is 9.80 Å². The molecule has 1 fully saturated rings. The number of carboxylic acid groups (broad SMARTS) is 1. The van der Waals surface area contributed by atoms with Gasteiger partial charge >= 0.3 is 12.0 Å². The van der Waals surface area contributed by atoms with Crippen LogP contribution in [0, 0.1) is 5.92 Å². The Hall–Kier alpha value is -1.56. The van der Waals surface area contributed by atoms with Crippen LogP contribution in [0.5, 0.6) is 0 Å². The number of hydrogen-bond acceptors (Lipinski definition) is 2. The minimum atomic E-state index is -0.817. The molecule has 0 aromatic heterocycles. The predicted molar refractivity (Wildman–Crippen MR) is 82.9 cm³/mol. The number of halogens is 1. The Bertz CT molecular complexity index is 518. The summed E-state index contributed by atoms with van der Waals surface area (Å²) in [4.78, 5) is 26.7. The fraction of sp³-hybridized carbons (Fsp3) is 0.467. The molecule has 0 radical (unpaired) electrons. The molecule has 114 valence electrons. The van der Waals surface area contributed by atoms with Gasteiger partial charge in [-0.25, -0.2) is 4.79 Å². The van der Waals surface area contributed by atoms with Gasteiger partial charge in [0.2, 0.25) is 0 Å². The maximum atomic E-state index is 12.4. The molecule has 1 aliphatic heterocycles. The van der Waals surface area contributed by atoms with Gasteiger partial charge in [-0.05, 0) is 30.5 Å². The van der Waals surface area contributed by atoms with Crippen molar-refractivity contribution in [2.24, 2.45) is 5.92 Å². The fourth-order valence-electron chi connectivity index (χ4n) is 2.53. The number of carbonyl (C=O) groups is 2. The summed E-state index contributed by atoms with van der Waals surface area (Å²) < 4.78 is 1.00. The van der Waals surface area contributed by atoms with Gasteiger partial charge in [-0.15, -0.1) is 0 Å². The summed E-state index contributed by atoms with van der Waals surface area (Å²) in [6.45, 7) is 1.45. The van der Waals surface area contributed by atoms with Gasteiger partial charge in [-0.1, -0.05) is 28.1 Å². The lowest BCUT2D eigenvalue weighted by Crippen LogP contribution is -2.47. The molecule has 2 amide bonds. The summed E-state index contributed by atoms with van der Waals surface area (Å²) in [5.74, 6) is -1.26. The van der Waals surface area contributed by atoms with Gasteiger partial charge < -0.3 is 14.9 Å². The molecular weight excluding hydrogens is 336 g/mol. The monoisotopic (exact) mass is 354 g/mol. The van der Waals surface area contributed by atoms with Crippen molar-refractivity contribution in [3.8, 4) is 0 Å². The van der Waals surface area contributed by atoms with Crippen LogP contribution >= 0.6 is 15.9 Å². The summed E-state index contributed by atoms with van der Waals surface area (Å²) in [5.41, 5.74) is 1.04. The SMILES string of the molecule is CN(Cc1ccc(Br)cc1)C(=O)N1CCCC(C(=O)O)C1. The Kier molecular flexibility index (Phi) is 5.22. The van der Waals surface area contributed by atoms with Gasteiger partial charge in [0, 0.05) is 31.2 Å². The number of piperidine rings is 1. The molecule has 1 unspecified atom stereocenters. The van der Waals surface area contributed by atoms with E-state index in [2.05, 4.69) is 15.9 Å². The van der Waals surface area contributed by atoms with Crippen molar-refractivity contribution >= 4 is 27.9 Å². The maximum Gasteiger partial charge on any atom is 0.320 e. The first-order chi connectivity index (χ1) is 9.97. The minimum absolute atomic E-state index is 0.108. The fourth-order valence-corrected chi connectivity index (χ4v) is 2.79. The van der Waals surface area contributed by atoms with E-state index in [1.54, 1.807) is 16.8 Å². The summed E-state index contributed by atoms with van der Waals surface area (Å²) in [6, 6.07) is 7.70. The van der Waals surface area contributed by atoms with Crippen molar-refractivity contribution in [1.29, 1.82) is 0 Å². The Morgan fingerprint density at radius 3 is 2.67 bits per heavy atom. The number of rotatable bonds is 3. The molecule has 1 aromatic carbocycles. The lowest BCUT2D eigenvalue weighted by molar-refractivity contribution is -0.143. The number of hydrogen-bond donors (Lipinski definition) is 1. The van der Waals surface area contributed by atoms with E-state index in [4.69, 9.17) is 5.11 Å². The summed E-state index contributed by atoms with van der Waals surface area (Å²) in [6.07, 6.45) is 1.39. The maximum absolute atomic E-state index is 12.4. The number of carboxylic acids is 1. The van der Waals surface area contributed by atoms with E-state index in [1.807, 2.05) is 24.3 Å². The molecule has 1 aliphatic rings. The number of benzene rings is 1. The molecule has 1 N–H and O–H groups in total. The molecule has 1 heterocycles. The molecule has 0 spiro atoms. The zero-order chi connectivity index (χ0) is 15.4. The highest BCUT2D eigenvalue weighted by Gasteiger charge is 2.29. The van der Waals surface area contributed by atoms with Crippen LogP contribution in [-0.4, -0.2) is 47.0 Å². The van der Waals surface area contributed by atoms with E-state index >= 15 is 0 Å². The second kappa shape index (κ2) is 6.93. The number of amides is 2. The zero-order valence-electron chi connectivity index (χ0n) is 12.0. The van der Waals surface area contributed by atoms with Crippen LogP contribution in [0.4, 0.5) is 4.79 Å². The number of aliphatic carboxylic acids is 1. The van der Waals surface area contributed by atoms with Gasteiger partial charge in [0.1, 0.15) is 0 Å². The van der Waals surface area contributed by atoms with Crippen LogP contribution in [0.25, 0.3) is 0 Å². The molecule has 6 heteroatoms. The van der Waals surface area contributed by atoms with Crippen molar-refractivity contribution in [2.75, 3.05) is 20.1 Å². The van der Waals surface area contributed by atoms with Crippen LogP contribution in [0.3, 0.4) is 0 Å².